The van der Waals surface area contributed by atoms with Crippen molar-refractivity contribution in [3.63, 3.8) is 0 Å². The highest BCUT2D eigenvalue weighted by Crippen LogP contribution is 2.40. The van der Waals surface area contributed by atoms with Crippen molar-refractivity contribution in [2.24, 2.45) is 0 Å². The lowest BCUT2D eigenvalue weighted by Crippen LogP contribution is -2.00. The molecule has 2 heterocycles. The number of nitrogens with one attached hydrogen (secondary N) is 1. The van der Waals surface area contributed by atoms with Crippen LogP contribution in [0.25, 0.3) is 16.8 Å². The molecule has 0 saturated carbocycles. The van der Waals surface area contributed by atoms with Gasteiger partial charge in [0.05, 0.1) is 32.5 Å². The van der Waals surface area contributed by atoms with Crippen LogP contribution in [0.3, 0.4) is 0 Å². The Hall–Kier alpha value is -3.52. The first kappa shape index (κ1) is 19.8. The van der Waals surface area contributed by atoms with E-state index in [0.29, 0.717) is 40.0 Å². The molecule has 4 rings (SSSR count). The number of anilines is 2. The van der Waals surface area contributed by atoms with Gasteiger partial charge < -0.3 is 19.5 Å². The highest BCUT2D eigenvalue weighted by atomic mass is 35.5. The van der Waals surface area contributed by atoms with Crippen LogP contribution in [0.15, 0.2) is 48.8 Å². The average Bonchev–Trinajstić information content (AvgIpc) is 3.18. The maximum Gasteiger partial charge on any atom is 0.203 e. The number of aromatic nitrogens is 3. The van der Waals surface area contributed by atoms with Crippen molar-refractivity contribution in [2.45, 2.75) is 0 Å². The van der Waals surface area contributed by atoms with E-state index < -0.39 is 5.82 Å². The number of nitrogens with zero attached hydrogens (tertiary/aromatic N) is 3. The molecule has 1 N–H and O–H groups in total. The van der Waals surface area contributed by atoms with Crippen LogP contribution in [0.4, 0.5) is 15.9 Å². The van der Waals surface area contributed by atoms with Crippen LogP contribution in [-0.4, -0.2) is 35.9 Å². The molecule has 0 amide bonds. The van der Waals surface area contributed by atoms with Gasteiger partial charge >= 0.3 is 0 Å². The Labute approximate surface area is 177 Å². The maximum atomic E-state index is 13.5. The third kappa shape index (κ3) is 3.57. The van der Waals surface area contributed by atoms with Gasteiger partial charge in [-0.15, -0.1) is 0 Å². The van der Waals surface area contributed by atoms with Crippen molar-refractivity contribution in [1.29, 1.82) is 0 Å². The molecule has 0 fully saturated rings. The van der Waals surface area contributed by atoms with Gasteiger partial charge in [0, 0.05) is 29.6 Å². The highest BCUT2D eigenvalue weighted by molar-refractivity contribution is 6.31. The number of halogens is 2. The third-order valence-corrected chi connectivity index (χ3v) is 4.83. The summed E-state index contributed by atoms with van der Waals surface area (Å²) in [5, 5.41) is 7.58. The van der Waals surface area contributed by atoms with E-state index in [-0.39, 0.29) is 5.02 Å². The Morgan fingerprint density at radius 1 is 1.00 bits per heavy atom. The fourth-order valence-corrected chi connectivity index (χ4v) is 3.29. The number of methoxy groups -OCH3 is 3. The van der Waals surface area contributed by atoms with Crippen molar-refractivity contribution in [3.8, 4) is 28.4 Å². The minimum atomic E-state index is -0.477. The Balaban J connectivity index is 1.73. The van der Waals surface area contributed by atoms with Crippen molar-refractivity contribution in [1.82, 2.24) is 14.6 Å². The van der Waals surface area contributed by atoms with E-state index in [2.05, 4.69) is 15.4 Å². The van der Waals surface area contributed by atoms with Crippen molar-refractivity contribution >= 4 is 28.8 Å². The lowest BCUT2D eigenvalue weighted by atomic mass is 10.1. The molecule has 0 bridgehead atoms. The zero-order valence-electron chi connectivity index (χ0n) is 16.4. The summed E-state index contributed by atoms with van der Waals surface area (Å²) in [4.78, 5) is 4.65. The van der Waals surface area contributed by atoms with E-state index in [1.165, 1.54) is 6.07 Å². The number of hydrogen-bond donors (Lipinski definition) is 1. The molecular weight excluding hydrogens is 411 g/mol. The van der Waals surface area contributed by atoms with Gasteiger partial charge in [0.1, 0.15) is 11.6 Å². The molecule has 0 aliphatic rings. The van der Waals surface area contributed by atoms with Gasteiger partial charge in [-0.2, -0.15) is 5.10 Å². The van der Waals surface area contributed by atoms with Crippen molar-refractivity contribution in [3.05, 3.63) is 59.6 Å². The number of rotatable bonds is 6. The summed E-state index contributed by atoms with van der Waals surface area (Å²) < 4.78 is 31.3. The van der Waals surface area contributed by atoms with E-state index in [9.17, 15) is 4.39 Å². The zero-order valence-corrected chi connectivity index (χ0v) is 17.2. The zero-order chi connectivity index (χ0) is 21.3. The van der Waals surface area contributed by atoms with Crippen molar-refractivity contribution in [2.75, 3.05) is 26.6 Å². The number of hydrogen-bond acceptors (Lipinski definition) is 6. The SMILES string of the molecule is COc1cc(Nc2ccn3ncc(-c4ccc(F)c(Cl)c4)c3n2)cc(OC)c1OC. The summed E-state index contributed by atoms with van der Waals surface area (Å²) in [5.41, 5.74) is 2.74. The first-order valence-electron chi connectivity index (χ1n) is 8.91. The summed E-state index contributed by atoms with van der Waals surface area (Å²) in [6.07, 6.45) is 3.44. The number of benzene rings is 2. The Kier molecular flexibility index (Phi) is 5.33. The smallest absolute Gasteiger partial charge is 0.203 e. The number of fused-ring (bicyclic) bond motifs is 1. The van der Waals surface area contributed by atoms with Crippen LogP contribution in [-0.2, 0) is 0 Å². The van der Waals surface area contributed by atoms with E-state index in [1.54, 1.807) is 68.6 Å². The quantitative estimate of drug-likeness (QED) is 0.468. The molecule has 0 aliphatic carbocycles. The Morgan fingerprint density at radius 2 is 1.73 bits per heavy atom. The molecule has 0 radical (unpaired) electrons. The van der Waals surface area contributed by atoms with E-state index in [1.807, 2.05) is 0 Å². The second kappa shape index (κ2) is 8.08. The summed E-state index contributed by atoms with van der Waals surface area (Å²) in [7, 11) is 4.65. The molecule has 154 valence electrons. The standard InChI is InChI=1S/C21H18ClFN4O3/c1-28-17-9-13(10-18(29-2)20(17)30-3)25-19-6-7-27-21(26-19)14(11-24-27)12-4-5-16(23)15(22)8-12/h4-11H,1-3H3,(H,25,26). The predicted molar refractivity (Wildman–Crippen MR) is 113 cm³/mol. The van der Waals surface area contributed by atoms with Gasteiger partial charge in [-0.25, -0.2) is 13.9 Å². The normalized spacial score (nSPS) is 10.8. The van der Waals surface area contributed by atoms with Crippen LogP contribution in [0, 0.1) is 5.82 Å². The first-order chi connectivity index (χ1) is 14.5. The molecule has 0 atom stereocenters. The predicted octanol–water partition coefficient (Wildman–Crippen LogP) is 4.96. The molecule has 9 heteroatoms. The fourth-order valence-electron chi connectivity index (χ4n) is 3.11. The van der Waals surface area contributed by atoms with E-state index in [0.717, 1.165) is 5.56 Å². The lowest BCUT2D eigenvalue weighted by molar-refractivity contribution is 0.324. The van der Waals surface area contributed by atoms with Crippen LogP contribution >= 0.6 is 11.6 Å². The van der Waals surface area contributed by atoms with Gasteiger partial charge in [-0.05, 0) is 23.8 Å². The van der Waals surface area contributed by atoms with Gasteiger partial charge in [-0.1, -0.05) is 17.7 Å². The molecule has 0 unspecified atom stereocenters. The minimum Gasteiger partial charge on any atom is -0.493 e. The van der Waals surface area contributed by atoms with Gasteiger partial charge in [-0.3, -0.25) is 0 Å². The molecule has 2 aromatic carbocycles. The second-order valence-corrected chi connectivity index (χ2v) is 6.71. The molecule has 4 aromatic rings. The fraction of sp³-hybridized carbons (Fsp3) is 0.143. The van der Waals surface area contributed by atoms with Gasteiger partial charge in [0.25, 0.3) is 0 Å². The summed E-state index contributed by atoms with van der Waals surface area (Å²) in [6.45, 7) is 0. The van der Waals surface area contributed by atoms with Crippen LogP contribution in [0.1, 0.15) is 0 Å². The summed E-state index contributed by atoms with van der Waals surface area (Å²) in [6, 6.07) is 9.85. The first-order valence-corrected chi connectivity index (χ1v) is 9.28. The van der Waals surface area contributed by atoms with Crippen LogP contribution in [0.2, 0.25) is 5.02 Å². The molecule has 2 aromatic heterocycles. The molecule has 0 saturated heterocycles. The summed E-state index contributed by atoms with van der Waals surface area (Å²) in [5.74, 6) is 1.64. The van der Waals surface area contributed by atoms with E-state index in [4.69, 9.17) is 25.8 Å². The van der Waals surface area contributed by atoms with Crippen molar-refractivity contribution < 1.29 is 18.6 Å². The highest BCUT2D eigenvalue weighted by Gasteiger charge is 2.15. The third-order valence-electron chi connectivity index (χ3n) is 4.54. The lowest BCUT2D eigenvalue weighted by Gasteiger charge is -2.15. The molecule has 0 spiro atoms. The summed E-state index contributed by atoms with van der Waals surface area (Å²) >= 11 is 5.93. The monoisotopic (exact) mass is 428 g/mol. The minimum absolute atomic E-state index is 0.0403. The number of ether oxygens (including phenoxy) is 3. The van der Waals surface area contributed by atoms with Gasteiger partial charge in [0.2, 0.25) is 5.75 Å². The molecule has 7 nitrogen and oxygen atoms in total. The molecule has 0 aliphatic heterocycles. The Bertz CT molecular complexity index is 1200. The van der Waals surface area contributed by atoms with E-state index >= 15 is 0 Å². The maximum absolute atomic E-state index is 13.5. The average molecular weight is 429 g/mol. The molecular formula is C21H18ClFN4O3. The Morgan fingerprint density at radius 3 is 2.37 bits per heavy atom. The molecule has 30 heavy (non-hydrogen) atoms. The second-order valence-electron chi connectivity index (χ2n) is 6.31. The van der Waals surface area contributed by atoms with Crippen LogP contribution < -0.4 is 19.5 Å². The largest absolute Gasteiger partial charge is 0.493 e. The van der Waals surface area contributed by atoms with Gasteiger partial charge in [0.15, 0.2) is 17.1 Å². The van der Waals surface area contributed by atoms with Crippen LogP contribution in [0.5, 0.6) is 17.2 Å². The topological polar surface area (TPSA) is 69.9 Å².